The van der Waals surface area contributed by atoms with Crippen LogP contribution in [0.3, 0.4) is 0 Å². The van der Waals surface area contributed by atoms with Crippen LogP contribution in [0.2, 0.25) is 5.15 Å². The lowest BCUT2D eigenvalue weighted by atomic mass is 10.2. The summed E-state index contributed by atoms with van der Waals surface area (Å²) in [6.07, 6.45) is 3.44. The third kappa shape index (κ3) is 1.91. The summed E-state index contributed by atoms with van der Waals surface area (Å²) in [5.41, 5.74) is 1.66. The molecule has 0 aliphatic rings. The summed E-state index contributed by atoms with van der Waals surface area (Å²) in [7, 11) is 0. The largest absolute Gasteiger partial charge is 0.264 e. The van der Waals surface area contributed by atoms with Crippen LogP contribution in [0.25, 0.3) is 11.3 Å². The van der Waals surface area contributed by atoms with Gasteiger partial charge in [-0.1, -0.05) is 11.6 Å². The molecule has 3 nitrogen and oxygen atoms in total. The summed E-state index contributed by atoms with van der Waals surface area (Å²) in [6.45, 7) is 0. The molecule has 0 aliphatic heterocycles. The molecular weight excluding hydrogens is 265 g/mol. The highest BCUT2D eigenvalue weighted by molar-refractivity contribution is 9.10. The monoisotopic (exact) mass is 269 g/mol. The molecule has 5 heteroatoms. The lowest BCUT2D eigenvalue weighted by Crippen LogP contribution is -1.89. The van der Waals surface area contributed by atoms with E-state index >= 15 is 0 Å². The number of halogens is 2. The molecule has 2 aromatic rings. The molecule has 0 saturated carbocycles. The molecule has 14 heavy (non-hydrogen) atoms. The van der Waals surface area contributed by atoms with Crippen LogP contribution in [0, 0.1) is 0 Å². The summed E-state index contributed by atoms with van der Waals surface area (Å²) in [5.74, 6) is 0. The predicted molar refractivity (Wildman–Crippen MR) is 58.0 cm³/mol. The van der Waals surface area contributed by atoms with Gasteiger partial charge < -0.3 is 0 Å². The summed E-state index contributed by atoms with van der Waals surface area (Å²) in [4.78, 5) is 4.00. The minimum atomic E-state index is 0.359. The molecule has 0 unspecified atom stereocenters. The van der Waals surface area contributed by atoms with Crippen molar-refractivity contribution in [3.63, 3.8) is 0 Å². The Bertz CT molecular complexity index is 447. The van der Waals surface area contributed by atoms with Crippen molar-refractivity contribution in [3.8, 4) is 11.3 Å². The maximum absolute atomic E-state index is 5.73. The van der Waals surface area contributed by atoms with Gasteiger partial charge in [0, 0.05) is 18.0 Å². The highest BCUT2D eigenvalue weighted by atomic mass is 79.9. The van der Waals surface area contributed by atoms with Crippen LogP contribution in [0.15, 0.2) is 35.1 Å². The second kappa shape index (κ2) is 4.02. The molecule has 0 spiro atoms. The fraction of sp³-hybridized carbons (Fsp3) is 0. The molecule has 0 radical (unpaired) electrons. The Balaban J connectivity index is 2.48. The van der Waals surface area contributed by atoms with E-state index in [1.807, 2.05) is 18.2 Å². The molecular formula is C9H5BrClN3. The van der Waals surface area contributed by atoms with Crippen molar-refractivity contribution in [2.45, 2.75) is 0 Å². The summed E-state index contributed by atoms with van der Waals surface area (Å²) >= 11 is 9.02. The Morgan fingerprint density at radius 3 is 2.79 bits per heavy atom. The predicted octanol–water partition coefficient (Wildman–Crippen LogP) is 2.95. The molecule has 0 aromatic carbocycles. The van der Waals surface area contributed by atoms with Crippen molar-refractivity contribution in [1.82, 2.24) is 15.2 Å². The van der Waals surface area contributed by atoms with E-state index in [1.54, 1.807) is 12.4 Å². The molecule has 70 valence electrons. The first kappa shape index (κ1) is 9.55. The van der Waals surface area contributed by atoms with Crippen molar-refractivity contribution in [1.29, 1.82) is 0 Å². The molecule has 2 rings (SSSR count). The van der Waals surface area contributed by atoms with Crippen LogP contribution < -0.4 is 0 Å². The number of pyridine rings is 1. The van der Waals surface area contributed by atoms with Crippen molar-refractivity contribution in [2.75, 3.05) is 0 Å². The van der Waals surface area contributed by atoms with Crippen molar-refractivity contribution in [3.05, 3.63) is 40.2 Å². The van der Waals surface area contributed by atoms with E-state index in [9.17, 15) is 0 Å². The Morgan fingerprint density at radius 1 is 1.29 bits per heavy atom. The zero-order valence-electron chi connectivity index (χ0n) is 6.98. The van der Waals surface area contributed by atoms with Crippen molar-refractivity contribution < 1.29 is 0 Å². The van der Waals surface area contributed by atoms with Crippen LogP contribution in [-0.4, -0.2) is 15.2 Å². The maximum atomic E-state index is 5.73. The third-order valence-electron chi connectivity index (χ3n) is 1.66. The van der Waals surface area contributed by atoms with Gasteiger partial charge in [-0.25, -0.2) is 0 Å². The number of nitrogens with zero attached hydrogens (tertiary/aromatic N) is 3. The van der Waals surface area contributed by atoms with Gasteiger partial charge in [0.1, 0.15) is 0 Å². The highest BCUT2D eigenvalue weighted by Gasteiger charge is 2.03. The van der Waals surface area contributed by atoms with Gasteiger partial charge in [-0.05, 0) is 34.1 Å². The van der Waals surface area contributed by atoms with Gasteiger partial charge in [0.05, 0.1) is 10.2 Å². The SMILES string of the molecule is Clc1nnc(-c2cccnc2)cc1Br. The number of aromatic nitrogens is 3. The van der Waals surface area contributed by atoms with Crippen LogP contribution in [0.4, 0.5) is 0 Å². The molecule has 2 heterocycles. The Labute approximate surface area is 94.3 Å². The molecule has 0 saturated heterocycles. The van der Waals surface area contributed by atoms with E-state index in [4.69, 9.17) is 11.6 Å². The van der Waals surface area contributed by atoms with E-state index in [0.29, 0.717) is 5.15 Å². The number of hydrogen-bond donors (Lipinski definition) is 0. The molecule has 0 atom stereocenters. The first-order valence-electron chi connectivity index (χ1n) is 3.86. The summed E-state index contributed by atoms with van der Waals surface area (Å²) in [6, 6.07) is 5.57. The van der Waals surface area contributed by atoms with Crippen LogP contribution in [0.1, 0.15) is 0 Å². The minimum Gasteiger partial charge on any atom is -0.264 e. The molecule has 0 bridgehead atoms. The topological polar surface area (TPSA) is 38.7 Å². The first-order chi connectivity index (χ1) is 6.77. The fourth-order valence-corrected chi connectivity index (χ4v) is 1.40. The Kier molecular flexibility index (Phi) is 2.74. The number of hydrogen-bond acceptors (Lipinski definition) is 3. The molecule has 0 fully saturated rings. The van der Waals surface area contributed by atoms with E-state index in [-0.39, 0.29) is 0 Å². The molecule has 0 N–H and O–H groups in total. The Morgan fingerprint density at radius 2 is 2.14 bits per heavy atom. The lowest BCUT2D eigenvalue weighted by Gasteiger charge is -1.99. The maximum Gasteiger partial charge on any atom is 0.165 e. The van der Waals surface area contributed by atoms with Gasteiger partial charge in [0.15, 0.2) is 5.15 Å². The number of rotatable bonds is 1. The summed E-state index contributed by atoms with van der Waals surface area (Å²) < 4.78 is 0.730. The van der Waals surface area contributed by atoms with Crippen molar-refractivity contribution in [2.24, 2.45) is 0 Å². The van der Waals surface area contributed by atoms with Gasteiger partial charge in [-0.15, -0.1) is 10.2 Å². The second-order valence-corrected chi connectivity index (χ2v) is 3.82. The average Bonchev–Trinajstić information content (AvgIpc) is 2.23. The first-order valence-corrected chi connectivity index (χ1v) is 5.03. The van der Waals surface area contributed by atoms with Crippen LogP contribution >= 0.6 is 27.5 Å². The van der Waals surface area contributed by atoms with Gasteiger partial charge in [-0.3, -0.25) is 4.98 Å². The van der Waals surface area contributed by atoms with E-state index < -0.39 is 0 Å². The summed E-state index contributed by atoms with van der Waals surface area (Å²) in [5, 5.41) is 8.11. The van der Waals surface area contributed by atoms with Gasteiger partial charge in [0.25, 0.3) is 0 Å². The minimum absolute atomic E-state index is 0.359. The zero-order valence-corrected chi connectivity index (χ0v) is 9.33. The van der Waals surface area contributed by atoms with E-state index in [1.165, 1.54) is 0 Å². The fourth-order valence-electron chi connectivity index (χ4n) is 1.01. The molecule has 0 aliphatic carbocycles. The van der Waals surface area contributed by atoms with E-state index in [2.05, 4.69) is 31.1 Å². The van der Waals surface area contributed by atoms with Gasteiger partial charge in [0.2, 0.25) is 0 Å². The highest BCUT2D eigenvalue weighted by Crippen LogP contribution is 2.23. The normalized spacial score (nSPS) is 10.1. The smallest absolute Gasteiger partial charge is 0.165 e. The Hall–Kier alpha value is -1.00. The quantitative estimate of drug-likeness (QED) is 0.800. The van der Waals surface area contributed by atoms with Crippen molar-refractivity contribution >= 4 is 27.5 Å². The third-order valence-corrected chi connectivity index (χ3v) is 2.78. The molecule has 0 amide bonds. The standard InChI is InChI=1S/C9H5BrClN3/c10-7-4-8(13-14-9(7)11)6-2-1-3-12-5-6/h1-5H. The average molecular weight is 271 g/mol. The van der Waals surface area contributed by atoms with Crippen LogP contribution in [0.5, 0.6) is 0 Å². The van der Waals surface area contributed by atoms with E-state index in [0.717, 1.165) is 15.7 Å². The lowest BCUT2D eigenvalue weighted by molar-refractivity contribution is 1.03. The van der Waals surface area contributed by atoms with Gasteiger partial charge in [-0.2, -0.15) is 0 Å². The van der Waals surface area contributed by atoms with Gasteiger partial charge >= 0.3 is 0 Å². The zero-order chi connectivity index (χ0) is 9.97. The second-order valence-electron chi connectivity index (χ2n) is 2.61. The molecule has 2 aromatic heterocycles. The van der Waals surface area contributed by atoms with Crippen LogP contribution in [-0.2, 0) is 0 Å².